The van der Waals surface area contributed by atoms with Gasteiger partial charge in [0.15, 0.2) is 0 Å². The van der Waals surface area contributed by atoms with Gasteiger partial charge in [0, 0.05) is 11.1 Å². The summed E-state index contributed by atoms with van der Waals surface area (Å²) in [5.74, 6) is -1.19. The van der Waals surface area contributed by atoms with Crippen molar-refractivity contribution in [3.63, 3.8) is 0 Å². The molecule has 0 saturated carbocycles. The molecule has 0 fully saturated rings. The quantitative estimate of drug-likeness (QED) is 0.349. The second kappa shape index (κ2) is 8.39. The van der Waals surface area contributed by atoms with E-state index in [0.717, 1.165) is 12.1 Å². The van der Waals surface area contributed by atoms with E-state index in [0.29, 0.717) is 5.01 Å². The van der Waals surface area contributed by atoms with Crippen LogP contribution in [0.5, 0.6) is 0 Å². The zero-order valence-electron chi connectivity index (χ0n) is 14.9. The minimum Gasteiger partial charge on any atom is -0.326 e. The number of rotatable bonds is 3. The molecule has 0 radical (unpaired) electrons. The summed E-state index contributed by atoms with van der Waals surface area (Å²) in [7, 11) is 0. The lowest BCUT2D eigenvalue weighted by atomic mass is 10.2. The van der Waals surface area contributed by atoms with Crippen LogP contribution in [0.15, 0.2) is 58.9 Å². The molecule has 2 aromatic carbocycles. The van der Waals surface area contributed by atoms with E-state index in [1.807, 2.05) is 0 Å². The number of aromatic nitrogens is 1. The lowest BCUT2D eigenvalue weighted by Crippen LogP contribution is -2.36. The number of thiazole rings is 1. The number of hydrogen-bond donors (Lipinski definition) is 2. The first-order valence-electron chi connectivity index (χ1n) is 8.23. The summed E-state index contributed by atoms with van der Waals surface area (Å²) in [6, 6.07) is 9.52. The highest BCUT2D eigenvalue weighted by molar-refractivity contribution is 7.09. The molecule has 0 saturated heterocycles. The summed E-state index contributed by atoms with van der Waals surface area (Å²) in [5.41, 5.74) is -0.360. The molecule has 0 aliphatic carbocycles. The number of amides is 1. The predicted molar refractivity (Wildman–Crippen MR) is 103 cm³/mol. The van der Waals surface area contributed by atoms with Crippen LogP contribution in [0.25, 0.3) is 0 Å². The Hall–Kier alpha value is -3.27. The predicted octanol–water partition coefficient (Wildman–Crippen LogP) is 5.14. The number of nitrogens with zero attached hydrogens (tertiary/aromatic N) is 2. The average Bonchev–Trinajstić information content (AvgIpc) is 3.10. The van der Waals surface area contributed by atoms with Gasteiger partial charge in [-0.3, -0.25) is 10.1 Å². The molecule has 150 valence electrons. The van der Waals surface area contributed by atoms with Gasteiger partial charge in [0.25, 0.3) is 5.91 Å². The van der Waals surface area contributed by atoms with Crippen LogP contribution in [0.2, 0.25) is 0 Å². The average molecular weight is 422 g/mol. The van der Waals surface area contributed by atoms with Crippen molar-refractivity contribution in [2.75, 3.05) is 5.32 Å². The van der Waals surface area contributed by atoms with Crippen molar-refractivity contribution in [3.05, 3.63) is 76.0 Å². The molecule has 3 aromatic rings. The Balaban J connectivity index is 1.90. The van der Waals surface area contributed by atoms with Crippen LogP contribution in [-0.4, -0.2) is 16.9 Å². The van der Waals surface area contributed by atoms with E-state index < -0.39 is 23.5 Å². The van der Waals surface area contributed by atoms with Crippen molar-refractivity contribution < 1.29 is 22.4 Å². The van der Waals surface area contributed by atoms with Crippen molar-refractivity contribution >= 4 is 34.6 Å². The van der Waals surface area contributed by atoms with Gasteiger partial charge in [0.05, 0.1) is 16.3 Å². The summed E-state index contributed by atoms with van der Waals surface area (Å²) < 4.78 is 52.0. The van der Waals surface area contributed by atoms with Crippen LogP contribution in [-0.2, 0) is 6.18 Å². The molecule has 0 aliphatic rings. The summed E-state index contributed by atoms with van der Waals surface area (Å²) in [4.78, 5) is 20.6. The van der Waals surface area contributed by atoms with E-state index in [1.165, 1.54) is 47.7 Å². The maximum atomic E-state index is 13.1. The second-order valence-corrected chi connectivity index (χ2v) is 6.91. The lowest BCUT2D eigenvalue weighted by molar-refractivity contribution is -0.137. The Morgan fingerprint density at radius 1 is 1.14 bits per heavy atom. The van der Waals surface area contributed by atoms with Crippen LogP contribution >= 0.6 is 11.3 Å². The number of guanidine groups is 1. The summed E-state index contributed by atoms with van der Waals surface area (Å²) >= 11 is 1.28. The zero-order valence-corrected chi connectivity index (χ0v) is 15.7. The smallest absolute Gasteiger partial charge is 0.326 e. The minimum absolute atomic E-state index is 0.0652. The van der Waals surface area contributed by atoms with Crippen LogP contribution in [0.1, 0.15) is 21.1 Å². The molecule has 0 spiro atoms. The number of halogens is 4. The Morgan fingerprint density at radius 2 is 1.86 bits per heavy atom. The van der Waals surface area contributed by atoms with Gasteiger partial charge < -0.3 is 5.32 Å². The van der Waals surface area contributed by atoms with E-state index >= 15 is 0 Å². The first kappa shape index (κ1) is 20.5. The number of hydrogen-bond acceptors (Lipinski definition) is 4. The molecule has 5 nitrogen and oxygen atoms in total. The highest BCUT2D eigenvalue weighted by Gasteiger charge is 2.30. The number of carbonyl (C=O) groups excluding carboxylic acids is 1. The highest BCUT2D eigenvalue weighted by atomic mass is 32.1. The monoisotopic (exact) mass is 422 g/mol. The van der Waals surface area contributed by atoms with Crippen molar-refractivity contribution in [1.29, 1.82) is 0 Å². The molecule has 3 rings (SSSR count). The van der Waals surface area contributed by atoms with E-state index in [9.17, 15) is 22.4 Å². The summed E-state index contributed by atoms with van der Waals surface area (Å²) in [5, 5.41) is 7.37. The fourth-order valence-electron chi connectivity index (χ4n) is 2.28. The molecule has 1 heterocycles. The molecule has 1 aromatic heterocycles. The van der Waals surface area contributed by atoms with Crippen molar-refractivity contribution in [2.24, 2.45) is 4.99 Å². The molecule has 2 N–H and O–H groups in total. The van der Waals surface area contributed by atoms with Gasteiger partial charge in [-0.25, -0.2) is 14.4 Å². The molecule has 0 unspecified atom stereocenters. The Kier molecular flexibility index (Phi) is 5.92. The number of benzene rings is 2. The third-order valence-corrected chi connectivity index (χ3v) is 4.38. The van der Waals surface area contributed by atoms with E-state index in [4.69, 9.17) is 0 Å². The van der Waals surface area contributed by atoms with Gasteiger partial charge in [-0.1, -0.05) is 6.07 Å². The Labute approximate surface area is 167 Å². The Bertz CT molecular complexity index is 1040. The van der Waals surface area contributed by atoms with E-state index in [-0.39, 0.29) is 23.0 Å². The number of anilines is 1. The third-order valence-electron chi connectivity index (χ3n) is 3.60. The van der Waals surface area contributed by atoms with Crippen LogP contribution in [0.3, 0.4) is 0 Å². The molecule has 1 amide bonds. The fraction of sp³-hybridized carbons (Fsp3) is 0.105. The van der Waals surface area contributed by atoms with Gasteiger partial charge in [-0.05, 0) is 49.4 Å². The number of aliphatic imine (C=N–C) groups is 1. The summed E-state index contributed by atoms with van der Waals surface area (Å²) in [6.45, 7) is 1.73. The van der Waals surface area contributed by atoms with Crippen molar-refractivity contribution in [1.82, 2.24) is 10.3 Å². The number of carbonyl (C=O) groups is 1. The fourth-order valence-corrected chi connectivity index (χ4v) is 2.87. The largest absolute Gasteiger partial charge is 0.416 e. The van der Waals surface area contributed by atoms with Gasteiger partial charge in [0.2, 0.25) is 5.96 Å². The highest BCUT2D eigenvalue weighted by Crippen LogP contribution is 2.30. The summed E-state index contributed by atoms with van der Waals surface area (Å²) in [6.07, 6.45) is -4.52. The van der Waals surface area contributed by atoms with Crippen molar-refractivity contribution in [3.8, 4) is 0 Å². The van der Waals surface area contributed by atoms with Crippen LogP contribution in [0.4, 0.5) is 28.9 Å². The maximum absolute atomic E-state index is 13.1. The molecule has 0 bridgehead atoms. The standard InChI is InChI=1S/C19H14F4N4OS/c1-11-24-16(10-29-11)17(28)27-18(25-14-7-5-13(20)6-8-14)26-15-4-2-3-12(9-15)19(21,22)23/h2-10H,1H3,(H2,25,26,27,28). The van der Waals surface area contributed by atoms with Gasteiger partial charge in [0.1, 0.15) is 11.5 Å². The zero-order chi connectivity index (χ0) is 21.0. The van der Waals surface area contributed by atoms with Crippen LogP contribution in [0, 0.1) is 12.7 Å². The molecule has 29 heavy (non-hydrogen) atoms. The first-order chi connectivity index (χ1) is 13.7. The topological polar surface area (TPSA) is 66.4 Å². The van der Waals surface area contributed by atoms with Crippen LogP contribution < -0.4 is 10.6 Å². The minimum atomic E-state index is -4.52. The van der Waals surface area contributed by atoms with Crippen molar-refractivity contribution in [2.45, 2.75) is 13.1 Å². The van der Waals surface area contributed by atoms with Gasteiger partial charge >= 0.3 is 6.18 Å². The van der Waals surface area contributed by atoms with E-state index in [2.05, 4.69) is 20.6 Å². The maximum Gasteiger partial charge on any atom is 0.416 e. The molecule has 0 atom stereocenters. The Morgan fingerprint density at radius 3 is 2.48 bits per heavy atom. The van der Waals surface area contributed by atoms with Gasteiger partial charge in [-0.15, -0.1) is 11.3 Å². The molecule has 10 heteroatoms. The first-order valence-corrected chi connectivity index (χ1v) is 9.11. The third kappa shape index (κ3) is 5.61. The SMILES string of the molecule is Cc1nc(C(=O)NC(=Nc2ccc(F)cc2)Nc2cccc(C(F)(F)F)c2)cs1. The lowest BCUT2D eigenvalue weighted by Gasteiger charge is -2.13. The van der Waals surface area contributed by atoms with E-state index in [1.54, 1.807) is 12.3 Å². The number of alkyl halides is 3. The number of nitrogens with one attached hydrogen (secondary N) is 2. The normalized spacial score (nSPS) is 12.0. The molecule has 0 aliphatic heterocycles. The van der Waals surface area contributed by atoms with Gasteiger partial charge in [-0.2, -0.15) is 13.2 Å². The number of aryl methyl sites for hydroxylation is 1. The second-order valence-electron chi connectivity index (χ2n) is 5.85. The molecular formula is C19H14F4N4OS. The molecular weight excluding hydrogens is 408 g/mol.